The number of rotatable bonds is 3. The molecule has 0 aromatic carbocycles. The van der Waals surface area contributed by atoms with E-state index < -0.39 is 0 Å². The molecular weight excluding hydrogens is 196 g/mol. The molecular formula is C12H21ClO. The van der Waals surface area contributed by atoms with Crippen LogP contribution in [0, 0.1) is 11.3 Å². The molecule has 2 heteroatoms. The third-order valence-corrected chi connectivity index (χ3v) is 4.46. The minimum atomic E-state index is 0.371. The summed E-state index contributed by atoms with van der Waals surface area (Å²) in [4.78, 5) is 0. The maximum absolute atomic E-state index is 6.34. The number of alkyl halides is 1. The average molecular weight is 217 g/mol. The first-order valence-electron chi connectivity index (χ1n) is 5.91. The molecule has 2 fully saturated rings. The number of halogens is 1. The van der Waals surface area contributed by atoms with Crippen molar-refractivity contribution in [2.75, 3.05) is 6.61 Å². The summed E-state index contributed by atoms with van der Waals surface area (Å²) in [6.07, 6.45) is 6.84. The van der Waals surface area contributed by atoms with Gasteiger partial charge in [-0.05, 0) is 25.2 Å². The highest BCUT2D eigenvalue weighted by molar-refractivity contribution is 6.21. The van der Waals surface area contributed by atoms with E-state index in [2.05, 4.69) is 13.8 Å². The van der Waals surface area contributed by atoms with Crippen molar-refractivity contribution in [2.24, 2.45) is 11.3 Å². The Bertz CT molecular complexity index is 196. The van der Waals surface area contributed by atoms with E-state index in [0.29, 0.717) is 22.8 Å². The van der Waals surface area contributed by atoms with E-state index in [1.165, 1.54) is 25.7 Å². The van der Waals surface area contributed by atoms with Crippen LogP contribution in [0.1, 0.15) is 46.0 Å². The van der Waals surface area contributed by atoms with E-state index in [4.69, 9.17) is 16.3 Å². The second-order valence-electron chi connectivity index (χ2n) is 5.36. The third kappa shape index (κ3) is 1.69. The van der Waals surface area contributed by atoms with Gasteiger partial charge in [-0.25, -0.2) is 0 Å². The van der Waals surface area contributed by atoms with E-state index in [1.807, 2.05) is 0 Å². The van der Waals surface area contributed by atoms with E-state index in [9.17, 15) is 0 Å². The molecule has 0 amide bonds. The molecule has 14 heavy (non-hydrogen) atoms. The lowest BCUT2D eigenvalue weighted by atomic mass is 9.64. The smallest absolute Gasteiger partial charge is 0.0659 e. The van der Waals surface area contributed by atoms with Crippen molar-refractivity contribution in [3.63, 3.8) is 0 Å². The second-order valence-corrected chi connectivity index (χ2v) is 5.89. The van der Waals surface area contributed by atoms with Crippen LogP contribution >= 0.6 is 11.6 Å². The first-order valence-corrected chi connectivity index (χ1v) is 6.34. The Labute approximate surface area is 92.2 Å². The molecule has 1 spiro atoms. The van der Waals surface area contributed by atoms with E-state index in [-0.39, 0.29) is 0 Å². The molecule has 2 aliphatic rings. The summed E-state index contributed by atoms with van der Waals surface area (Å²) in [6, 6.07) is 0. The lowest BCUT2D eigenvalue weighted by Crippen LogP contribution is -2.54. The van der Waals surface area contributed by atoms with Crippen LogP contribution in [0.5, 0.6) is 0 Å². The number of hydrogen-bond donors (Lipinski definition) is 0. The van der Waals surface area contributed by atoms with Gasteiger partial charge in [-0.2, -0.15) is 0 Å². The van der Waals surface area contributed by atoms with Gasteiger partial charge in [0.1, 0.15) is 0 Å². The zero-order chi connectivity index (χ0) is 10.2. The SMILES string of the molecule is CC(C)COC1CC(Cl)C12CCCC2. The summed E-state index contributed by atoms with van der Waals surface area (Å²) < 4.78 is 5.96. The molecule has 0 aromatic rings. The summed E-state index contributed by atoms with van der Waals surface area (Å²) in [5.41, 5.74) is 0.371. The normalized spacial score (nSPS) is 35.1. The van der Waals surface area contributed by atoms with Crippen LogP contribution in [0.4, 0.5) is 0 Å². The monoisotopic (exact) mass is 216 g/mol. The van der Waals surface area contributed by atoms with Crippen LogP contribution in [0.2, 0.25) is 0 Å². The molecule has 2 atom stereocenters. The van der Waals surface area contributed by atoms with Crippen molar-refractivity contribution < 1.29 is 4.74 Å². The zero-order valence-corrected chi connectivity index (χ0v) is 10.0. The fourth-order valence-corrected chi connectivity index (χ4v) is 3.43. The van der Waals surface area contributed by atoms with Gasteiger partial charge >= 0.3 is 0 Å². The van der Waals surface area contributed by atoms with Gasteiger partial charge in [0.2, 0.25) is 0 Å². The lowest BCUT2D eigenvalue weighted by Gasteiger charge is -2.51. The molecule has 0 N–H and O–H groups in total. The minimum absolute atomic E-state index is 0.371. The predicted octanol–water partition coefficient (Wildman–Crippen LogP) is 3.60. The molecule has 2 aliphatic carbocycles. The molecule has 0 bridgehead atoms. The van der Waals surface area contributed by atoms with Gasteiger partial charge < -0.3 is 4.74 Å². The van der Waals surface area contributed by atoms with Gasteiger partial charge in [0, 0.05) is 17.4 Å². The Morgan fingerprint density at radius 3 is 2.50 bits per heavy atom. The van der Waals surface area contributed by atoms with Crippen molar-refractivity contribution in [3.8, 4) is 0 Å². The van der Waals surface area contributed by atoms with Gasteiger partial charge in [0.15, 0.2) is 0 Å². The molecule has 82 valence electrons. The summed E-state index contributed by atoms with van der Waals surface area (Å²) in [7, 11) is 0. The molecule has 0 heterocycles. The quantitative estimate of drug-likeness (QED) is 0.655. The van der Waals surface area contributed by atoms with Crippen LogP contribution in [-0.4, -0.2) is 18.1 Å². The van der Waals surface area contributed by atoms with Crippen LogP contribution in [-0.2, 0) is 4.74 Å². The molecule has 2 rings (SSSR count). The van der Waals surface area contributed by atoms with Gasteiger partial charge in [0.05, 0.1) is 6.10 Å². The maximum Gasteiger partial charge on any atom is 0.0659 e. The predicted molar refractivity (Wildman–Crippen MR) is 59.7 cm³/mol. The maximum atomic E-state index is 6.34. The van der Waals surface area contributed by atoms with Crippen molar-refractivity contribution in [3.05, 3.63) is 0 Å². The molecule has 2 saturated carbocycles. The highest BCUT2D eigenvalue weighted by Gasteiger charge is 2.55. The highest BCUT2D eigenvalue weighted by Crippen LogP contribution is 2.57. The van der Waals surface area contributed by atoms with Crippen molar-refractivity contribution in [2.45, 2.75) is 57.4 Å². The van der Waals surface area contributed by atoms with Gasteiger partial charge in [0.25, 0.3) is 0 Å². The molecule has 2 unspecified atom stereocenters. The van der Waals surface area contributed by atoms with Crippen molar-refractivity contribution in [1.29, 1.82) is 0 Å². The summed E-state index contributed by atoms with van der Waals surface area (Å²) in [6.45, 7) is 5.31. The van der Waals surface area contributed by atoms with Crippen LogP contribution in [0.15, 0.2) is 0 Å². The Kier molecular flexibility index (Phi) is 3.09. The van der Waals surface area contributed by atoms with Crippen molar-refractivity contribution >= 4 is 11.6 Å². The Hall–Kier alpha value is 0.250. The van der Waals surface area contributed by atoms with Crippen LogP contribution < -0.4 is 0 Å². The summed E-state index contributed by atoms with van der Waals surface area (Å²) in [5, 5.41) is 0.391. The van der Waals surface area contributed by atoms with Gasteiger partial charge in [-0.15, -0.1) is 11.6 Å². The molecule has 0 radical (unpaired) electrons. The van der Waals surface area contributed by atoms with Gasteiger partial charge in [-0.1, -0.05) is 26.7 Å². The first kappa shape index (κ1) is 10.8. The van der Waals surface area contributed by atoms with E-state index in [1.54, 1.807) is 0 Å². The standard InChI is InChI=1S/C12H21ClO/c1-9(2)8-14-11-7-10(13)12(11)5-3-4-6-12/h9-11H,3-8H2,1-2H3. The largest absolute Gasteiger partial charge is 0.377 e. The Morgan fingerprint density at radius 1 is 1.36 bits per heavy atom. The fourth-order valence-electron chi connectivity index (χ4n) is 2.91. The topological polar surface area (TPSA) is 9.23 Å². The summed E-state index contributed by atoms with van der Waals surface area (Å²) in [5.74, 6) is 0.642. The highest BCUT2D eigenvalue weighted by atomic mass is 35.5. The lowest BCUT2D eigenvalue weighted by molar-refractivity contribution is -0.111. The zero-order valence-electron chi connectivity index (χ0n) is 9.26. The molecule has 0 aromatic heterocycles. The van der Waals surface area contributed by atoms with Gasteiger partial charge in [-0.3, -0.25) is 0 Å². The Balaban J connectivity index is 1.88. The first-order chi connectivity index (χ1) is 6.65. The van der Waals surface area contributed by atoms with Crippen molar-refractivity contribution in [1.82, 2.24) is 0 Å². The second kappa shape index (κ2) is 4.02. The number of ether oxygens (including phenoxy) is 1. The van der Waals surface area contributed by atoms with Crippen LogP contribution in [0.25, 0.3) is 0 Å². The van der Waals surface area contributed by atoms with Crippen LogP contribution in [0.3, 0.4) is 0 Å². The Morgan fingerprint density at radius 2 is 2.00 bits per heavy atom. The minimum Gasteiger partial charge on any atom is -0.377 e. The summed E-state index contributed by atoms with van der Waals surface area (Å²) >= 11 is 6.34. The van der Waals surface area contributed by atoms with E-state index >= 15 is 0 Å². The fraction of sp³-hybridized carbons (Fsp3) is 1.00. The average Bonchev–Trinajstić information content (AvgIpc) is 2.62. The number of hydrogen-bond acceptors (Lipinski definition) is 1. The molecule has 0 saturated heterocycles. The molecule has 0 aliphatic heterocycles. The van der Waals surface area contributed by atoms with E-state index in [0.717, 1.165) is 13.0 Å². The molecule has 1 nitrogen and oxygen atoms in total. The third-order valence-electron chi connectivity index (χ3n) is 3.85.